The van der Waals surface area contributed by atoms with E-state index >= 15 is 0 Å². The number of aliphatic hydroxyl groups is 1. The highest BCUT2D eigenvalue weighted by Crippen LogP contribution is 2.40. The quantitative estimate of drug-likeness (QED) is 0.385. The molecule has 0 aliphatic heterocycles. The molecule has 61 valence electrons. The van der Waals surface area contributed by atoms with Crippen LogP contribution in [0, 0.1) is 0 Å². The van der Waals surface area contributed by atoms with Crippen molar-refractivity contribution in [3.8, 4) is 0 Å². The fourth-order valence-electron chi connectivity index (χ4n) is 1.13. The number of hydrogen-bond donors (Lipinski definition) is 3. The molecule has 0 spiro atoms. The molecular weight excluding hydrogens is 148 g/mol. The predicted octanol–water partition coefficient (Wildman–Crippen LogP) is -0.449. The predicted molar refractivity (Wildman–Crippen MR) is 39.5 cm³/mol. The van der Waals surface area contributed by atoms with Crippen LogP contribution in [0.3, 0.4) is 0 Å². The minimum absolute atomic E-state index is 0.199. The Morgan fingerprint density at radius 3 is 2.82 bits per heavy atom. The van der Waals surface area contributed by atoms with Crippen molar-refractivity contribution in [3.63, 3.8) is 0 Å². The maximum Gasteiger partial charge on any atom is 0.295 e. The fourth-order valence-corrected chi connectivity index (χ4v) is 1.13. The molecule has 2 atom stereocenters. The highest BCUT2D eigenvalue weighted by atomic mass is 19.1. The van der Waals surface area contributed by atoms with Crippen LogP contribution in [-0.4, -0.2) is 30.9 Å². The Morgan fingerprint density at radius 2 is 2.45 bits per heavy atom. The van der Waals surface area contributed by atoms with Crippen LogP contribution in [0.2, 0.25) is 5.82 Å². The third-order valence-corrected chi connectivity index (χ3v) is 1.86. The summed E-state index contributed by atoms with van der Waals surface area (Å²) < 4.78 is 12.6. The molecule has 1 radical (unpaired) electrons. The monoisotopic (exact) mass is 158 g/mol. The summed E-state index contributed by atoms with van der Waals surface area (Å²) in [4.78, 5) is 0. The van der Waals surface area contributed by atoms with Crippen molar-refractivity contribution < 1.29 is 14.5 Å². The first kappa shape index (κ1) is 8.71. The summed E-state index contributed by atoms with van der Waals surface area (Å²) in [6, 6.07) is 0. The summed E-state index contributed by atoms with van der Waals surface area (Å²) >= 11 is 0. The molecule has 0 aromatic rings. The van der Waals surface area contributed by atoms with Gasteiger partial charge in [0.2, 0.25) is 0 Å². The van der Waals surface area contributed by atoms with Crippen molar-refractivity contribution in [3.05, 3.63) is 11.4 Å². The van der Waals surface area contributed by atoms with Crippen molar-refractivity contribution in [1.29, 1.82) is 0 Å². The molecule has 5 heteroatoms. The number of halogens is 1. The lowest BCUT2D eigenvalue weighted by molar-refractivity contribution is 0.165. The normalized spacial score (nSPS) is 26.4. The second-order valence-corrected chi connectivity index (χ2v) is 2.51. The topological polar surface area (TPSA) is 52.5 Å². The van der Waals surface area contributed by atoms with Crippen LogP contribution in [-0.2, 0) is 0 Å². The van der Waals surface area contributed by atoms with Crippen LogP contribution in [0.25, 0.3) is 0 Å². The lowest BCUT2D eigenvalue weighted by atomic mass is 9.65. The van der Waals surface area contributed by atoms with E-state index < -0.39 is 6.23 Å². The lowest BCUT2D eigenvalue weighted by Crippen LogP contribution is -2.35. The molecule has 0 saturated heterocycles. The van der Waals surface area contributed by atoms with Gasteiger partial charge in [0.05, 0.1) is 0 Å². The molecule has 0 bridgehead atoms. The smallest absolute Gasteiger partial charge is 0.295 e. The third kappa shape index (κ3) is 1.45. The largest absolute Gasteiger partial charge is 0.454 e. The highest BCUT2D eigenvalue weighted by molar-refractivity contribution is 6.30. The van der Waals surface area contributed by atoms with Gasteiger partial charge < -0.3 is 10.1 Å². The summed E-state index contributed by atoms with van der Waals surface area (Å²) in [5, 5.41) is 20.2. The van der Waals surface area contributed by atoms with E-state index in [1.165, 1.54) is 7.05 Å². The Balaban J connectivity index is 2.62. The van der Waals surface area contributed by atoms with Crippen LogP contribution in [0.4, 0.5) is 4.39 Å². The van der Waals surface area contributed by atoms with Crippen molar-refractivity contribution in [2.24, 2.45) is 0 Å². The Labute approximate surface area is 65.2 Å². The molecule has 1 aliphatic carbocycles. The number of rotatable bonds is 3. The van der Waals surface area contributed by atoms with E-state index in [0.29, 0.717) is 0 Å². The zero-order valence-corrected chi connectivity index (χ0v) is 6.21. The molecule has 11 heavy (non-hydrogen) atoms. The van der Waals surface area contributed by atoms with Crippen molar-refractivity contribution in [2.45, 2.75) is 18.5 Å². The van der Waals surface area contributed by atoms with Crippen LogP contribution in [0.1, 0.15) is 6.42 Å². The van der Waals surface area contributed by atoms with Gasteiger partial charge in [0.1, 0.15) is 12.1 Å². The van der Waals surface area contributed by atoms with E-state index in [4.69, 9.17) is 10.1 Å². The number of hydrogen-bond acceptors (Lipinski definition) is 3. The summed E-state index contributed by atoms with van der Waals surface area (Å²) in [7, 11) is 2.43. The molecule has 0 amide bonds. The Kier molecular flexibility index (Phi) is 2.65. The number of allylic oxidation sites excluding steroid dienone is 1. The van der Waals surface area contributed by atoms with E-state index in [9.17, 15) is 4.39 Å². The standard InChI is InChI=1S/C6H10BFNO2/c1-9-6(10)5-3(7-11)2-4(5)8/h3,6,9-11H,2H2,1H3/t3-,6?/m1/s1. The summed E-state index contributed by atoms with van der Waals surface area (Å²) in [5.74, 6) is -0.653. The van der Waals surface area contributed by atoms with Crippen LogP contribution >= 0.6 is 0 Å². The zero-order valence-electron chi connectivity index (χ0n) is 6.21. The fraction of sp³-hybridized carbons (Fsp3) is 0.667. The first-order chi connectivity index (χ1) is 5.20. The molecule has 0 heterocycles. The number of nitrogens with one attached hydrogen (secondary N) is 1. The molecule has 0 saturated carbocycles. The Bertz CT molecular complexity index is 185. The molecule has 3 N–H and O–H groups in total. The van der Waals surface area contributed by atoms with Crippen LogP contribution < -0.4 is 5.32 Å². The van der Waals surface area contributed by atoms with E-state index in [1.807, 2.05) is 0 Å². The van der Waals surface area contributed by atoms with Gasteiger partial charge in [0.15, 0.2) is 0 Å². The molecular formula is C6H10BFNO2. The molecule has 1 aliphatic rings. The summed E-state index contributed by atoms with van der Waals surface area (Å²) in [6.07, 6.45) is -0.776. The van der Waals surface area contributed by atoms with Gasteiger partial charge in [-0.1, -0.05) is 0 Å². The zero-order chi connectivity index (χ0) is 8.43. The first-order valence-corrected chi connectivity index (χ1v) is 3.42. The maximum absolute atomic E-state index is 12.6. The Hall–Kier alpha value is -0.385. The van der Waals surface area contributed by atoms with Crippen LogP contribution in [0.15, 0.2) is 11.4 Å². The van der Waals surface area contributed by atoms with Gasteiger partial charge in [0.25, 0.3) is 7.48 Å². The second kappa shape index (κ2) is 3.34. The van der Waals surface area contributed by atoms with E-state index in [0.717, 1.165) is 7.48 Å². The first-order valence-electron chi connectivity index (χ1n) is 3.42. The van der Waals surface area contributed by atoms with Gasteiger partial charge in [0, 0.05) is 12.0 Å². The molecule has 1 unspecified atom stereocenters. The van der Waals surface area contributed by atoms with Gasteiger partial charge in [-0.05, 0) is 12.9 Å². The van der Waals surface area contributed by atoms with E-state index in [1.54, 1.807) is 0 Å². The SMILES string of the molecule is CNC(O)C1=C(F)C[C@H]1[B]O. The minimum Gasteiger partial charge on any atom is -0.454 e. The maximum atomic E-state index is 12.6. The summed E-state index contributed by atoms with van der Waals surface area (Å²) in [6.45, 7) is 0. The lowest BCUT2D eigenvalue weighted by Gasteiger charge is -2.30. The summed E-state index contributed by atoms with van der Waals surface area (Å²) in [5.41, 5.74) is 0.245. The molecule has 0 aromatic heterocycles. The average molecular weight is 158 g/mol. The molecule has 1 rings (SSSR count). The average Bonchev–Trinajstić information content (AvgIpc) is 1.99. The molecule has 3 nitrogen and oxygen atoms in total. The third-order valence-electron chi connectivity index (χ3n) is 1.86. The van der Waals surface area contributed by atoms with E-state index in [2.05, 4.69) is 5.32 Å². The van der Waals surface area contributed by atoms with Gasteiger partial charge >= 0.3 is 0 Å². The van der Waals surface area contributed by atoms with Crippen molar-refractivity contribution >= 4 is 7.48 Å². The Morgan fingerprint density at radius 1 is 1.82 bits per heavy atom. The van der Waals surface area contributed by atoms with Crippen LogP contribution in [0.5, 0.6) is 0 Å². The number of aliphatic hydroxyl groups excluding tert-OH is 1. The van der Waals surface area contributed by atoms with Gasteiger partial charge in [-0.2, -0.15) is 0 Å². The molecule has 0 aromatic carbocycles. The van der Waals surface area contributed by atoms with Gasteiger partial charge in [-0.15, -0.1) is 0 Å². The van der Waals surface area contributed by atoms with Gasteiger partial charge in [-0.25, -0.2) is 4.39 Å². The number of likely N-dealkylation sites (N-methyl/N-ethyl adjacent to an activating group) is 1. The van der Waals surface area contributed by atoms with Gasteiger partial charge in [-0.3, -0.25) is 5.32 Å². The van der Waals surface area contributed by atoms with Crippen molar-refractivity contribution in [2.75, 3.05) is 7.05 Å². The van der Waals surface area contributed by atoms with E-state index in [-0.39, 0.29) is 23.6 Å². The molecule has 0 fully saturated rings. The highest BCUT2D eigenvalue weighted by Gasteiger charge is 2.34. The second-order valence-electron chi connectivity index (χ2n) is 2.51. The van der Waals surface area contributed by atoms with Crippen molar-refractivity contribution in [1.82, 2.24) is 5.32 Å². The minimum atomic E-state index is -0.975.